The van der Waals surface area contributed by atoms with Crippen LogP contribution in [0.2, 0.25) is 0 Å². The van der Waals surface area contributed by atoms with Crippen LogP contribution in [0, 0.1) is 0 Å². The molecular formula is C57H41NO. The fourth-order valence-corrected chi connectivity index (χ4v) is 9.22. The minimum atomic E-state index is -0.0968. The predicted molar refractivity (Wildman–Crippen MR) is 248 cm³/mol. The van der Waals surface area contributed by atoms with Crippen LogP contribution in [-0.2, 0) is 5.41 Å². The monoisotopic (exact) mass is 755 g/mol. The molecule has 0 spiro atoms. The van der Waals surface area contributed by atoms with Gasteiger partial charge in [0.2, 0.25) is 0 Å². The second kappa shape index (κ2) is 13.9. The topological polar surface area (TPSA) is 16.4 Å². The van der Waals surface area contributed by atoms with E-state index in [9.17, 15) is 0 Å². The highest BCUT2D eigenvalue weighted by Gasteiger charge is 2.35. The van der Waals surface area contributed by atoms with E-state index in [0.29, 0.717) is 0 Å². The lowest BCUT2D eigenvalue weighted by atomic mass is 9.82. The third-order valence-electron chi connectivity index (χ3n) is 12.3. The highest BCUT2D eigenvalue weighted by Crippen LogP contribution is 2.51. The Kier molecular flexibility index (Phi) is 8.20. The Morgan fingerprint density at radius 2 is 0.797 bits per heavy atom. The molecule has 0 N–H and O–H groups in total. The van der Waals surface area contributed by atoms with E-state index >= 15 is 0 Å². The summed E-state index contributed by atoms with van der Waals surface area (Å²) in [6.45, 7) is 4.69. The van der Waals surface area contributed by atoms with Crippen molar-refractivity contribution in [3.63, 3.8) is 0 Å². The zero-order chi connectivity index (χ0) is 39.5. The van der Waals surface area contributed by atoms with E-state index in [-0.39, 0.29) is 5.41 Å². The van der Waals surface area contributed by atoms with Gasteiger partial charge < -0.3 is 9.32 Å². The molecule has 0 aliphatic heterocycles. The van der Waals surface area contributed by atoms with Crippen molar-refractivity contribution >= 4 is 39.0 Å². The molecule has 11 rings (SSSR count). The van der Waals surface area contributed by atoms with Gasteiger partial charge in [-0.1, -0.05) is 172 Å². The van der Waals surface area contributed by atoms with Gasteiger partial charge in [0.1, 0.15) is 11.2 Å². The Morgan fingerprint density at radius 1 is 0.322 bits per heavy atom. The molecule has 2 heteroatoms. The highest BCUT2D eigenvalue weighted by atomic mass is 16.3. The van der Waals surface area contributed by atoms with Crippen molar-refractivity contribution in [2.24, 2.45) is 0 Å². The summed E-state index contributed by atoms with van der Waals surface area (Å²) >= 11 is 0. The molecule has 1 aliphatic rings. The minimum absolute atomic E-state index is 0.0968. The number of rotatable bonds is 7. The summed E-state index contributed by atoms with van der Waals surface area (Å²) in [5.74, 6) is 0. The molecule has 0 atom stereocenters. The number of nitrogens with zero attached hydrogens (tertiary/aromatic N) is 1. The van der Waals surface area contributed by atoms with E-state index in [1.807, 2.05) is 12.1 Å². The van der Waals surface area contributed by atoms with E-state index < -0.39 is 0 Å². The summed E-state index contributed by atoms with van der Waals surface area (Å²) in [6.07, 6.45) is 0. The quantitative estimate of drug-likeness (QED) is 0.161. The van der Waals surface area contributed by atoms with Gasteiger partial charge in [-0.15, -0.1) is 0 Å². The van der Waals surface area contributed by atoms with Crippen LogP contribution >= 0.6 is 0 Å². The number of furan rings is 1. The fraction of sp³-hybridized carbons (Fsp3) is 0.0526. The fourth-order valence-electron chi connectivity index (χ4n) is 9.22. The summed E-state index contributed by atoms with van der Waals surface area (Å²) in [5, 5.41) is 2.27. The van der Waals surface area contributed by atoms with Gasteiger partial charge >= 0.3 is 0 Å². The van der Waals surface area contributed by atoms with Crippen LogP contribution in [0.3, 0.4) is 0 Å². The Balaban J connectivity index is 0.960. The summed E-state index contributed by atoms with van der Waals surface area (Å²) in [4.78, 5) is 2.39. The standard InChI is InChI=1S/C57H41NO/c1-57(2)53-19-11-9-17-47(53)48-34-33-46(35-54(48)57)58(44-29-25-40(26-30-44)38-13-5-3-6-14-38)45-31-27-41(28-32-45)39-21-23-43(24-22-39)51-37-56-52(49-18-10-12-20-55(49)59-56)36-50(51)42-15-7-4-8-16-42/h3-37H,1-2H3. The molecule has 9 aromatic carbocycles. The van der Waals surface area contributed by atoms with Crippen molar-refractivity contribution in [2.75, 3.05) is 4.90 Å². The molecule has 0 radical (unpaired) electrons. The summed E-state index contributed by atoms with van der Waals surface area (Å²) in [6, 6.07) is 76.8. The van der Waals surface area contributed by atoms with Gasteiger partial charge in [-0.2, -0.15) is 0 Å². The maximum Gasteiger partial charge on any atom is 0.136 e. The molecule has 10 aromatic rings. The molecule has 2 nitrogen and oxygen atoms in total. The molecule has 0 saturated carbocycles. The second-order valence-electron chi connectivity index (χ2n) is 16.1. The maximum atomic E-state index is 6.36. The van der Waals surface area contributed by atoms with Crippen molar-refractivity contribution in [3.8, 4) is 55.6 Å². The van der Waals surface area contributed by atoms with Crippen LogP contribution in [-0.4, -0.2) is 0 Å². The van der Waals surface area contributed by atoms with Crippen LogP contribution in [0.4, 0.5) is 17.1 Å². The maximum absolute atomic E-state index is 6.36. The molecule has 0 unspecified atom stereocenters. The van der Waals surface area contributed by atoms with Crippen LogP contribution in [0.15, 0.2) is 217 Å². The smallest absolute Gasteiger partial charge is 0.136 e. The van der Waals surface area contributed by atoms with Crippen LogP contribution in [0.1, 0.15) is 25.0 Å². The van der Waals surface area contributed by atoms with Gasteiger partial charge in [0.15, 0.2) is 0 Å². The molecule has 0 bridgehead atoms. The Hall–Kier alpha value is -7.42. The summed E-state index contributed by atoms with van der Waals surface area (Å²) < 4.78 is 6.36. The number of para-hydroxylation sites is 1. The van der Waals surface area contributed by atoms with Gasteiger partial charge in [0.05, 0.1) is 0 Å². The number of hydrogen-bond donors (Lipinski definition) is 0. The zero-order valence-electron chi connectivity index (χ0n) is 33.1. The van der Waals surface area contributed by atoms with Crippen molar-refractivity contribution < 1.29 is 4.42 Å². The minimum Gasteiger partial charge on any atom is -0.456 e. The number of benzene rings is 9. The van der Waals surface area contributed by atoms with Crippen molar-refractivity contribution in [3.05, 3.63) is 223 Å². The molecule has 0 amide bonds. The first-order chi connectivity index (χ1) is 29.0. The van der Waals surface area contributed by atoms with Crippen LogP contribution < -0.4 is 4.90 Å². The average molecular weight is 756 g/mol. The largest absolute Gasteiger partial charge is 0.456 e. The normalized spacial score (nSPS) is 12.7. The lowest BCUT2D eigenvalue weighted by molar-refractivity contribution is 0.660. The van der Waals surface area contributed by atoms with Crippen LogP contribution in [0.25, 0.3) is 77.6 Å². The summed E-state index contributed by atoms with van der Waals surface area (Å²) in [5.41, 5.74) is 19.9. The number of hydrogen-bond acceptors (Lipinski definition) is 2. The zero-order valence-corrected chi connectivity index (χ0v) is 33.1. The van der Waals surface area contributed by atoms with E-state index in [2.05, 4.69) is 219 Å². The molecule has 59 heavy (non-hydrogen) atoms. The molecule has 280 valence electrons. The molecule has 1 aromatic heterocycles. The van der Waals surface area contributed by atoms with Crippen LogP contribution in [0.5, 0.6) is 0 Å². The highest BCUT2D eigenvalue weighted by molar-refractivity contribution is 6.09. The molecule has 1 aliphatic carbocycles. The van der Waals surface area contributed by atoms with Gasteiger partial charge in [-0.25, -0.2) is 0 Å². The van der Waals surface area contributed by atoms with Crippen molar-refractivity contribution in [1.82, 2.24) is 0 Å². The lowest BCUT2D eigenvalue weighted by Gasteiger charge is -2.28. The molecule has 0 fully saturated rings. The van der Waals surface area contributed by atoms with E-state index in [0.717, 1.165) is 50.1 Å². The Bertz CT molecular complexity index is 3140. The van der Waals surface area contributed by atoms with Crippen molar-refractivity contribution in [2.45, 2.75) is 19.3 Å². The Morgan fingerprint density at radius 3 is 1.47 bits per heavy atom. The number of fused-ring (bicyclic) bond motifs is 6. The number of anilines is 3. The van der Waals surface area contributed by atoms with E-state index in [1.165, 1.54) is 55.6 Å². The van der Waals surface area contributed by atoms with Gasteiger partial charge in [0, 0.05) is 33.2 Å². The predicted octanol–water partition coefficient (Wildman–Crippen LogP) is 16.0. The lowest BCUT2D eigenvalue weighted by Crippen LogP contribution is -2.16. The van der Waals surface area contributed by atoms with Gasteiger partial charge in [0.25, 0.3) is 0 Å². The Labute approximate surface area is 345 Å². The van der Waals surface area contributed by atoms with Crippen molar-refractivity contribution in [1.29, 1.82) is 0 Å². The van der Waals surface area contributed by atoms with Gasteiger partial charge in [-0.3, -0.25) is 0 Å². The SMILES string of the molecule is CC1(C)c2ccccc2-c2ccc(N(c3ccc(-c4ccccc4)cc3)c3ccc(-c4ccc(-c5cc6oc7ccccc7c6cc5-c5ccccc5)cc4)cc3)cc21. The first-order valence-electron chi connectivity index (χ1n) is 20.4. The second-order valence-corrected chi connectivity index (χ2v) is 16.1. The van der Waals surface area contributed by atoms with Gasteiger partial charge in [-0.05, 0) is 121 Å². The molecule has 0 saturated heterocycles. The van der Waals surface area contributed by atoms with E-state index in [4.69, 9.17) is 4.42 Å². The summed E-state index contributed by atoms with van der Waals surface area (Å²) in [7, 11) is 0. The van der Waals surface area contributed by atoms with E-state index in [1.54, 1.807) is 0 Å². The molecule has 1 heterocycles. The first-order valence-corrected chi connectivity index (χ1v) is 20.4. The average Bonchev–Trinajstić information content (AvgIpc) is 3.78. The first kappa shape index (κ1) is 34.8. The third-order valence-corrected chi connectivity index (χ3v) is 12.3. The third kappa shape index (κ3) is 5.96. The molecular weight excluding hydrogens is 715 g/mol.